The van der Waals surface area contributed by atoms with Crippen molar-refractivity contribution in [1.82, 2.24) is 0 Å². The molecule has 0 bridgehead atoms. The van der Waals surface area contributed by atoms with Crippen LogP contribution in [0.2, 0.25) is 0 Å². The summed E-state index contributed by atoms with van der Waals surface area (Å²) in [4.78, 5) is 2.49. The molecule has 1 aromatic heterocycles. The van der Waals surface area contributed by atoms with Gasteiger partial charge < -0.3 is 9.64 Å². The minimum atomic E-state index is -0.612. The van der Waals surface area contributed by atoms with E-state index in [0.29, 0.717) is 0 Å². The summed E-state index contributed by atoms with van der Waals surface area (Å²) in [6.07, 6.45) is 0. The molecule has 0 unspecified atom stereocenters. The van der Waals surface area contributed by atoms with Crippen molar-refractivity contribution in [1.29, 1.82) is 0 Å². The minimum Gasteiger partial charge on any atom is -0.455 e. The predicted octanol–water partition coefficient (Wildman–Crippen LogP) is 18.3. The zero-order valence-corrected chi connectivity index (χ0v) is 38.9. The molecule has 3 heteroatoms. The third-order valence-corrected chi connectivity index (χ3v) is 16.9. The third-order valence-electron chi connectivity index (χ3n) is 15.7. The number of thiophene rings is 1. The summed E-state index contributed by atoms with van der Waals surface area (Å²) < 4.78 is 9.82. The molecule has 0 saturated carbocycles. The summed E-state index contributed by atoms with van der Waals surface area (Å²) in [5.74, 6) is 1.86. The average Bonchev–Trinajstić information content (AvgIpc) is 4.01. The van der Waals surface area contributed by atoms with E-state index in [2.05, 4.69) is 243 Å². The average molecular weight is 898 g/mol. The molecule has 0 atom stereocenters. The van der Waals surface area contributed by atoms with Crippen molar-refractivity contribution in [3.05, 3.63) is 258 Å². The molecule has 11 aromatic carbocycles. The molecule has 3 aliphatic rings. The molecule has 2 nitrogen and oxygen atoms in total. The molecule has 0 amide bonds. The monoisotopic (exact) mass is 897 g/mol. The lowest BCUT2D eigenvalue weighted by atomic mass is 9.65. The molecule has 0 saturated heterocycles. The standard InChI is InChI=1S/C66H43NOS/c1-65(2)53-24-10-7-19-48(53)49-36-35-44(39-58(49)65)67(59-27-14-23-51-50-20-9-12-28-60(50)69-64(51)59)43-33-29-42(30-34-43)45-22-13-26-55-61(45)52-21-8-11-25-54(52)66(55)56-37-31-40-15-3-5-17-46(40)62(56)68-63-47-18-6-4-16-41(47)32-38-57(63)66/h3-39H,1-2H3. The highest BCUT2D eigenvalue weighted by atomic mass is 32.1. The molecule has 12 aromatic rings. The van der Waals surface area contributed by atoms with E-state index in [1.807, 2.05) is 11.3 Å². The van der Waals surface area contributed by atoms with E-state index in [1.54, 1.807) is 0 Å². The first-order valence-electron chi connectivity index (χ1n) is 24.0. The van der Waals surface area contributed by atoms with Gasteiger partial charge in [0.15, 0.2) is 0 Å². The lowest BCUT2D eigenvalue weighted by Crippen LogP contribution is -2.32. The number of hydrogen-bond donors (Lipinski definition) is 0. The fraction of sp³-hybridized carbons (Fsp3) is 0.0606. The Kier molecular flexibility index (Phi) is 7.96. The number of fused-ring (bicyclic) bond motifs is 19. The largest absolute Gasteiger partial charge is 0.455 e. The minimum absolute atomic E-state index is 0.131. The van der Waals surface area contributed by atoms with Crippen LogP contribution in [-0.2, 0) is 10.8 Å². The molecule has 1 aliphatic heterocycles. The van der Waals surface area contributed by atoms with E-state index in [1.165, 1.54) is 103 Å². The normalized spacial score (nSPS) is 14.3. The second kappa shape index (κ2) is 14.1. The van der Waals surface area contributed by atoms with Gasteiger partial charge in [-0.05, 0) is 103 Å². The van der Waals surface area contributed by atoms with Gasteiger partial charge >= 0.3 is 0 Å². The van der Waals surface area contributed by atoms with Crippen LogP contribution in [0, 0.1) is 0 Å². The Labute approximate surface area is 405 Å². The van der Waals surface area contributed by atoms with E-state index in [4.69, 9.17) is 4.74 Å². The van der Waals surface area contributed by atoms with Gasteiger partial charge in [0.25, 0.3) is 0 Å². The van der Waals surface area contributed by atoms with Crippen molar-refractivity contribution in [3.63, 3.8) is 0 Å². The fourth-order valence-electron chi connectivity index (χ4n) is 12.6. The van der Waals surface area contributed by atoms with Gasteiger partial charge in [-0.2, -0.15) is 0 Å². The van der Waals surface area contributed by atoms with Gasteiger partial charge in [-0.1, -0.05) is 202 Å². The van der Waals surface area contributed by atoms with E-state index in [-0.39, 0.29) is 5.41 Å². The van der Waals surface area contributed by atoms with Crippen molar-refractivity contribution in [2.45, 2.75) is 24.7 Å². The van der Waals surface area contributed by atoms with Gasteiger partial charge in [-0.25, -0.2) is 0 Å². The maximum atomic E-state index is 7.24. The van der Waals surface area contributed by atoms with Crippen LogP contribution in [0.5, 0.6) is 11.5 Å². The van der Waals surface area contributed by atoms with Gasteiger partial charge in [-0.3, -0.25) is 0 Å². The van der Waals surface area contributed by atoms with Gasteiger partial charge in [0.2, 0.25) is 0 Å². The highest BCUT2D eigenvalue weighted by Crippen LogP contribution is 2.65. The number of ether oxygens (including phenoxy) is 1. The first-order valence-corrected chi connectivity index (χ1v) is 24.8. The summed E-state index contributed by atoms with van der Waals surface area (Å²) in [7, 11) is 0. The van der Waals surface area contributed by atoms with Crippen molar-refractivity contribution >= 4 is 70.1 Å². The molecular formula is C66H43NOS. The van der Waals surface area contributed by atoms with Crippen LogP contribution >= 0.6 is 11.3 Å². The zero-order valence-electron chi connectivity index (χ0n) is 38.1. The van der Waals surface area contributed by atoms with Crippen molar-refractivity contribution < 1.29 is 4.74 Å². The van der Waals surface area contributed by atoms with Crippen LogP contribution in [0.15, 0.2) is 224 Å². The van der Waals surface area contributed by atoms with Gasteiger partial charge in [0.1, 0.15) is 11.5 Å². The Bertz CT molecular complexity index is 4070. The maximum absolute atomic E-state index is 7.24. The lowest BCUT2D eigenvalue weighted by Gasteiger charge is -2.40. The number of anilines is 3. The molecule has 0 radical (unpaired) electrons. The summed E-state index contributed by atoms with van der Waals surface area (Å²) >= 11 is 1.88. The van der Waals surface area contributed by atoms with Gasteiger partial charge in [0.05, 0.1) is 15.8 Å². The molecule has 2 aliphatic carbocycles. The Morgan fingerprint density at radius 2 is 0.957 bits per heavy atom. The predicted molar refractivity (Wildman–Crippen MR) is 289 cm³/mol. The van der Waals surface area contributed by atoms with Crippen LogP contribution in [0.3, 0.4) is 0 Å². The van der Waals surface area contributed by atoms with E-state index in [9.17, 15) is 0 Å². The van der Waals surface area contributed by atoms with Crippen LogP contribution in [0.4, 0.5) is 17.1 Å². The molecule has 0 N–H and O–H groups in total. The van der Waals surface area contributed by atoms with E-state index in [0.717, 1.165) is 33.6 Å². The number of rotatable bonds is 4. The summed E-state index contributed by atoms with van der Waals surface area (Å²) in [6, 6.07) is 83.6. The first kappa shape index (κ1) is 38.8. The Morgan fingerprint density at radius 3 is 1.71 bits per heavy atom. The zero-order chi connectivity index (χ0) is 45.6. The van der Waals surface area contributed by atoms with Gasteiger partial charge in [-0.15, -0.1) is 11.3 Å². The van der Waals surface area contributed by atoms with Crippen LogP contribution in [-0.4, -0.2) is 0 Å². The molecule has 0 fully saturated rings. The smallest absolute Gasteiger partial charge is 0.140 e. The first-order chi connectivity index (χ1) is 34.0. The molecular weight excluding hydrogens is 855 g/mol. The molecule has 2 heterocycles. The van der Waals surface area contributed by atoms with Crippen LogP contribution < -0.4 is 9.64 Å². The summed E-state index contributed by atoms with van der Waals surface area (Å²) in [5, 5.41) is 7.17. The van der Waals surface area contributed by atoms with E-state index < -0.39 is 5.41 Å². The second-order valence-corrected chi connectivity index (χ2v) is 20.5. The van der Waals surface area contributed by atoms with E-state index >= 15 is 0 Å². The molecule has 69 heavy (non-hydrogen) atoms. The van der Waals surface area contributed by atoms with Crippen molar-refractivity contribution in [3.8, 4) is 44.9 Å². The van der Waals surface area contributed by atoms with Crippen molar-refractivity contribution in [2.75, 3.05) is 4.90 Å². The topological polar surface area (TPSA) is 12.5 Å². The number of benzene rings is 11. The number of hydrogen-bond acceptors (Lipinski definition) is 3. The fourth-order valence-corrected chi connectivity index (χ4v) is 13.9. The maximum Gasteiger partial charge on any atom is 0.140 e. The van der Waals surface area contributed by atoms with Crippen molar-refractivity contribution in [2.24, 2.45) is 0 Å². The number of nitrogens with zero attached hydrogens (tertiary/aromatic N) is 1. The molecule has 1 spiro atoms. The quantitative estimate of drug-likeness (QED) is 0.175. The molecule has 324 valence electrons. The highest BCUT2D eigenvalue weighted by Gasteiger charge is 2.52. The second-order valence-electron chi connectivity index (χ2n) is 19.5. The summed E-state index contributed by atoms with van der Waals surface area (Å²) in [6.45, 7) is 4.74. The Morgan fingerprint density at radius 1 is 0.391 bits per heavy atom. The SMILES string of the molecule is CC1(C)c2ccccc2-c2ccc(N(c3ccc(-c4cccc5c4-c4ccccc4C54c5ccc6ccccc6c5Oc5c4ccc4ccccc54)cc3)c3cccc4c3sc3ccccc34)cc21. The van der Waals surface area contributed by atoms with Crippen LogP contribution in [0.1, 0.15) is 47.2 Å². The summed E-state index contributed by atoms with van der Waals surface area (Å²) in [5.41, 5.74) is 17.9. The Hall–Kier alpha value is -8.24. The van der Waals surface area contributed by atoms with Gasteiger partial charge in [0, 0.05) is 54.2 Å². The highest BCUT2D eigenvalue weighted by molar-refractivity contribution is 7.26. The molecule has 15 rings (SSSR count). The Balaban J connectivity index is 0.938. The lowest BCUT2D eigenvalue weighted by molar-refractivity contribution is 0.447. The third kappa shape index (κ3) is 5.20. The van der Waals surface area contributed by atoms with Crippen LogP contribution in [0.25, 0.3) is 75.1 Å².